The molecule has 0 saturated heterocycles. The Balaban J connectivity index is 2.62. The van der Waals surface area contributed by atoms with Gasteiger partial charge in [0.05, 0.1) is 23.0 Å². The fourth-order valence-corrected chi connectivity index (χ4v) is 2.21. The third-order valence-electron chi connectivity index (χ3n) is 3.21. The minimum absolute atomic E-state index is 0.292. The maximum absolute atomic E-state index is 13.8. The lowest BCUT2D eigenvalue weighted by molar-refractivity contribution is 0.00842. The van der Waals surface area contributed by atoms with Crippen LogP contribution < -0.4 is 0 Å². The average Bonchev–Trinajstić information content (AvgIpc) is 2.69. The Morgan fingerprint density at radius 3 is 2.74 bits per heavy atom. The van der Waals surface area contributed by atoms with Crippen molar-refractivity contribution in [3.8, 4) is 0 Å². The molecule has 0 aliphatic carbocycles. The molecule has 104 valence electrons. The van der Waals surface area contributed by atoms with Gasteiger partial charge in [0.15, 0.2) is 5.82 Å². The Labute approximate surface area is 117 Å². The number of hydrogen-bond acceptors (Lipinski definition) is 2. The molecule has 0 fully saturated rings. The SMILES string of the molecule is COC(C)(C)Cn1c(C(C)Cl)nc2c(F)cccc21. The highest BCUT2D eigenvalue weighted by atomic mass is 35.5. The van der Waals surface area contributed by atoms with E-state index in [9.17, 15) is 4.39 Å². The highest BCUT2D eigenvalue weighted by Gasteiger charge is 2.23. The first-order valence-electron chi connectivity index (χ1n) is 6.19. The van der Waals surface area contributed by atoms with Gasteiger partial charge in [-0.1, -0.05) is 6.07 Å². The lowest BCUT2D eigenvalue weighted by Gasteiger charge is -2.25. The Hall–Kier alpha value is -1.13. The number of halogens is 2. The smallest absolute Gasteiger partial charge is 0.151 e. The molecule has 1 aromatic carbocycles. The van der Waals surface area contributed by atoms with Crippen LogP contribution >= 0.6 is 11.6 Å². The molecule has 0 aliphatic heterocycles. The summed E-state index contributed by atoms with van der Waals surface area (Å²) in [6, 6.07) is 4.93. The highest BCUT2D eigenvalue weighted by Crippen LogP contribution is 2.28. The normalized spacial score (nSPS) is 14.0. The van der Waals surface area contributed by atoms with Gasteiger partial charge in [0.25, 0.3) is 0 Å². The average molecular weight is 285 g/mol. The van der Waals surface area contributed by atoms with Gasteiger partial charge in [-0.25, -0.2) is 9.37 Å². The van der Waals surface area contributed by atoms with Crippen LogP contribution in [0.4, 0.5) is 4.39 Å². The van der Waals surface area contributed by atoms with Gasteiger partial charge in [0.1, 0.15) is 11.3 Å². The zero-order valence-corrected chi connectivity index (χ0v) is 12.3. The van der Waals surface area contributed by atoms with Gasteiger partial charge >= 0.3 is 0 Å². The molecule has 2 rings (SSSR count). The van der Waals surface area contributed by atoms with Crippen LogP contribution in [0.2, 0.25) is 0 Å². The minimum Gasteiger partial charge on any atom is -0.377 e. The van der Waals surface area contributed by atoms with Gasteiger partial charge < -0.3 is 9.30 Å². The number of imidazole rings is 1. The highest BCUT2D eigenvalue weighted by molar-refractivity contribution is 6.20. The molecule has 0 spiro atoms. The predicted octanol–water partition coefficient (Wildman–Crippen LogP) is 3.90. The van der Waals surface area contributed by atoms with Crippen molar-refractivity contribution in [1.82, 2.24) is 9.55 Å². The van der Waals surface area contributed by atoms with E-state index >= 15 is 0 Å². The third-order valence-corrected chi connectivity index (χ3v) is 3.40. The molecule has 1 atom stereocenters. The molecular formula is C14H18ClFN2O. The van der Waals surface area contributed by atoms with Crippen molar-refractivity contribution in [3.63, 3.8) is 0 Å². The first-order chi connectivity index (χ1) is 8.85. The molecule has 0 bridgehead atoms. The second-order valence-corrected chi connectivity index (χ2v) is 5.90. The van der Waals surface area contributed by atoms with Crippen molar-refractivity contribution >= 4 is 22.6 Å². The molecule has 0 N–H and O–H groups in total. The fourth-order valence-electron chi connectivity index (χ4n) is 2.05. The second kappa shape index (κ2) is 5.10. The van der Waals surface area contributed by atoms with Crippen molar-refractivity contribution in [2.45, 2.75) is 38.3 Å². The van der Waals surface area contributed by atoms with E-state index in [4.69, 9.17) is 16.3 Å². The van der Waals surface area contributed by atoms with Crippen LogP contribution in [0.15, 0.2) is 18.2 Å². The Bertz CT molecular complexity index is 592. The number of methoxy groups -OCH3 is 1. The zero-order valence-electron chi connectivity index (χ0n) is 11.6. The van der Waals surface area contributed by atoms with Gasteiger partial charge in [0, 0.05) is 7.11 Å². The number of para-hydroxylation sites is 1. The minimum atomic E-state index is -0.375. The van der Waals surface area contributed by atoms with Gasteiger partial charge in [-0.3, -0.25) is 0 Å². The van der Waals surface area contributed by atoms with E-state index in [-0.39, 0.29) is 16.8 Å². The number of hydrogen-bond donors (Lipinski definition) is 0. The van der Waals surface area contributed by atoms with Gasteiger partial charge in [-0.15, -0.1) is 11.6 Å². The first kappa shape index (κ1) is 14.3. The van der Waals surface area contributed by atoms with E-state index < -0.39 is 0 Å². The maximum Gasteiger partial charge on any atom is 0.151 e. The molecule has 5 heteroatoms. The molecule has 1 unspecified atom stereocenters. The van der Waals surface area contributed by atoms with E-state index in [1.807, 2.05) is 31.4 Å². The molecule has 2 aromatic rings. The Morgan fingerprint density at radius 2 is 2.16 bits per heavy atom. The van der Waals surface area contributed by atoms with Crippen molar-refractivity contribution in [1.29, 1.82) is 0 Å². The van der Waals surface area contributed by atoms with E-state index in [0.29, 0.717) is 17.9 Å². The van der Waals surface area contributed by atoms with Crippen LogP contribution in [0.5, 0.6) is 0 Å². The third kappa shape index (κ3) is 2.74. The van der Waals surface area contributed by atoms with Crippen molar-refractivity contribution < 1.29 is 9.13 Å². The number of benzene rings is 1. The first-order valence-corrected chi connectivity index (χ1v) is 6.63. The van der Waals surface area contributed by atoms with E-state index in [0.717, 1.165) is 5.52 Å². The molecule has 0 radical (unpaired) electrons. The zero-order chi connectivity index (χ0) is 14.2. The molecule has 0 saturated carbocycles. The van der Waals surface area contributed by atoms with Crippen LogP contribution in [-0.2, 0) is 11.3 Å². The van der Waals surface area contributed by atoms with Crippen LogP contribution in [0.3, 0.4) is 0 Å². The van der Waals surface area contributed by atoms with Crippen molar-refractivity contribution in [2.24, 2.45) is 0 Å². The number of alkyl halides is 1. The summed E-state index contributed by atoms with van der Waals surface area (Å²) in [5.74, 6) is 0.330. The fraction of sp³-hybridized carbons (Fsp3) is 0.500. The Kier molecular flexibility index (Phi) is 3.83. The molecule has 0 amide bonds. The topological polar surface area (TPSA) is 27.1 Å². The molecule has 1 aromatic heterocycles. The standard InChI is InChI=1S/C14H18ClFN2O/c1-9(15)13-17-12-10(16)6-5-7-11(12)18(13)8-14(2,3)19-4/h5-7,9H,8H2,1-4H3. The molecule has 19 heavy (non-hydrogen) atoms. The van der Waals surface area contributed by atoms with Crippen molar-refractivity contribution in [3.05, 3.63) is 29.8 Å². The molecule has 3 nitrogen and oxygen atoms in total. The summed E-state index contributed by atoms with van der Waals surface area (Å²) < 4.78 is 21.2. The molecule has 1 heterocycles. The Morgan fingerprint density at radius 1 is 1.47 bits per heavy atom. The van der Waals surface area contributed by atoms with Crippen LogP contribution in [0.25, 0.3) is 11.0 Å². The summed E-state index contributed by atoms with van der Waals surface area (Å²) in [6.07, 6.45) is 0. The van der Waals surface area contributed by atoms with Crippen LogP contribution in [-0.4, -0.2) is 22.3 Å². The summed E-state index contributed by atoms with van der Waals surface area (Å²) in [4.78, 5) is 4.33. The summed E-state index contributed by atoms with van der Waals surface area (Å²) in [5.41, 5.74) is 0.727. The number of ether oxygens (including phenoxy) is 1. The number of nitrogens with zero attached hydrogens (tertiary/aromatic N) is 2. The van der Waals surface area contributed by atoms with Crippen LogP contribution in [0.1, 0.15) is 32.0 Å². The summed E-state index contributed by atoms with van der Waals surface area (Å²) in [5, 5.41) is -0.292. The quantitative estimate of drug-likeness (QED) is 0.796. The predicted molar refractivity (Wildman–Crippen MR) is 75.0 cm³/mol. The number of fused-ring (bicyclic) bond motifs is 1. The van der Waals surface area contributed by atoms with Crippen molar-refractivity contribution in [2.75, 3.05) is 7.11 Å². The lowest BCUT2D eigenvalue weighted by Crippen LogP contribution is -2.29. The van der Waals surface area contributed by atoms with Gasteiger partial charge in [-0.2, -0.15) is 0 Å². The van der Waals surface area contributed by atoms with E-state index in [2.05, 4.69) is 4.98 Å². The summed E-state index contributed by atoms with van der Waals surface area (Å²) in [6.45, 7) is 6.34. The number of aromatic nitrogens is 2. The maximum atomic E-state index is 13.8. The summed E-state index contributed by atoms with van der Waals surface area (Å²) >= 11 is 6.16. The summed E-state index contributed by atoms with van der Waals surface area (Å²) in [7, 11) is 1.66. The number of rotatable bonds is 4. The lowest BCUT2D eigenvalue weighted by atomic mass is 10.1. The van der Waals surface area contributed by atoms with Gasteiger partial charge in [-0.05, 0) is 32.9 Å². The second-order valence-electron chi connectivity index (χ2n) is 5.24. The molecule has 0 aliphatic rings. The monoisotopic (exact) mass is 284 g/mol. The van der Waals surface area contributed by atoms with E-state index in [1.54, 1.807) is 13.2 Å². The largest absolute Gasteiger partial charge is 0.377 e. The van der Waals surface area contributed by atoms with E-state index in [1.165, 1.54) is 6.07 Å². The van der Waals surface area contributed by atoms with Gasteiger partial charge in [0.2, 0.25) is 0 Å². The molecular weight excluding hydrogens is 267 g/mol. The van der Waals surface area contributed by atoms with Crippen LogP contribution in [0, 0.1) is 5.82 Å².